The highest BCUT2D eigenvalue weighted by Crippen LogP contribution is 2.20. The lowest BCUT2D eigenvalue weighted by atomic mass is 10.1. The van der Waals surface area contributed by atoms with Crippen molar-refractivity contribution >= 4 is 23.5 Å². The Hall–Kier alpha value is -2.79. The van der Waals surface area contributed by atoms with Gasteiger partial charge in [-0.1, -0.05) is 11.6 Å². The molecule has 0 aliphatic heterocycles. The number of hydrogen-bond donors (Lipinski definition) is 1. The van der Waals surface area contributed by atoms with E-state index >= 15 is 0 Å². The minimum absolute atomic E-state index is 0.185. The Morgan fingerprint density at radius 2 is 1.79 bits per heavy atom. The van der Waals surface area contributed by atoms with Crippen LogP contribution < -0.4 is 0 Å². The summed E-state index contributed by atoms with van der Waals surface area (Å²) in [4.78, 5) is 12.0. The first-order valence-corrected chi connectivity index (χ1v) is 7.39. The van der Waals surface area contributed by atoms with E-state index in [0.717, 1.165) is 12.1 Å². The molecule has 1 heterocycles. The van der Waals surface area contributed by atoms with Crippen LogP contribution in [0.15, 0.2) is 54.6 Å². The summed E-state index contributed by atoms with van der Waals surface area (Å²) in [5.74, 6) is -2.04. The molecule has 120 valence electrons. The van der Waals surface area contributed by atoms with Crippen LogP contribution in [0.2, 0.25) is 5.02 Å². The number of ketones is 1. The summed E-state index contributed by atoms with van der Waals surface area (Å²) < 4.78 is 26.2. The van der Waals surface area contributed by atoms with Gasteiger partial charge in [-0.2, -0.15) is 5.10 Å². The Kier molecular flexibility index (Phi) is 4.53. The molecule has 0 unspecified atom stereocenters. The molecule has 3 aromatic rings. The number of nitrogens with one attached hydrogen (secondary N) is 1. The first-order valence-electron chi connectivity index (χ1n) is 7.02. The highest BCUT2D eigenvalue weighted by molar-refractivity contribution is 6.30. The van der Waals surface area contributed by atoms with E-state index in [1.807, 2.05) is 0 Å². The number of carbonyl (C=O) groups is 1. The molecule has 0 saturated heterocycles. The molecule has 0 spiro atoms. The molecule has 0 aliphatic carbocycles. The predicted molar refractivity (Wildman–Crippen MR) is 88.8 cm³/mol. The zero-order valence-corrected chi connectivity index (χ0v) is 13.0. The maximum atomic E-state index is 13.3. The normalized spacial score (nSPS) is 11.1. The van der Waals surface area contributed by atoms with E-state index in [9.17, 15) is 13.6 Å². The van der Waals surface area contributed by atoms with Crippen molar-refractivity contribution in [2.75, 3.05) is 0 Å². The molecule has 3 nitrogen and oxygen atoms in total. The number of nitrogens with zero attached hydrogens (tertiary/aromatic N) is 1. The maximum absolute atomic E-state index is 13.3. The van der Waals surface area contributed by atoms with Crippen molar-refractivity contribution in [3.63, 3.8) is 0 Å². The van der Waals surface area contributed by atoms with Crippen LogP contribution in [0.25, 0.3) is 17.3 Å². The van der Waals surface area contributed by atoms with Gasteiger partial charge in [0.15, 0.2) is 17.4 Å². The van der Waals surface area contributed by atoms with Gasteiger partial charge < -0.3 is 0 Å². The van der Waals surface area contributed by atoms with Crippen LogP contribution >= 0.6 is 11.6 Å². The van der Waals surface area contributed by atoms with E-state index in [4.69, 9.17) is 11.6 Å². The Labute approximate surface area is 141 Å². The van der Waals surface area contributed by atoms with Gasteiger partial charge in [-0.3, -0.25) is 9.89 Å². The summed E-state index contributed by atoms with van der Waals surface area (Å²) in [5, 5.41) is 7.31. The number of hydrogen-bond acceptors (Lipinski definition) is 2. The first kappa shape index (κ1) is 16.1. The van der Waals surface area contributed by atoms with E-state index in [2.05, 4.69) is 10.2 Å². The van der Waals surface area contributed by atoms with Gasteiger partial charge in [0.2, 0.25) is 0 Å². The predicted octanol–water partition coefficient (Wildman–Crippen LogP) is 4.90. The lowest BCUT2D eigenvalue weighted by Crippen LogP contribution is -1.93. The number of aromatic nitrogens is 2. The van der Waals surface area contributed by atoms with E-state index < -0.39 is 11.6 Å². The van der Waals surface area contributed by atoms with E-state index in [1.54, 1.807) is 36.4 Å². The van der Waals surface area contributed by atoms with Gasteiger partial charge in [0.25, 0.3) is 0 Å². The second-order valence-electron chi connectivity index (χ2n) is 5.04. The van der Waals surface area contributed by atoms with Crippen LogP contribution in [0.1, 0.15) is 16.1 Å². The number of H-pyrrole nitrogens is 1. The van der Waals surface area contributed by atoms with Crippen LogP contribution in [0.5, 0.6) is 0 Å². The number of benzene rings is 2. The molecule has 24 heavy (non-hydrogen) atoms. The molecule has 3 rings (SSSR count). The molecule has 0 bridgehead atoms. The number of halogens is 3. The lowest BCUT2D eigenvalue weighted by Gasteiger charge is -1.96. The van der Waals surface area contributed by atoms with Crippen LogP contribution in [0.3, 0.4) is 0 Å². The van der Waals surface area contributed by atoms with Gasteiger partial charge in [-0.25, -0.2) is 8.78 Å². The largest absolute Gasteiger partial charge is 0.289 e. The van der Waals surface area contributed by atoms with Gasteiger partial charge in [0.1, 0.15) is 0 Å². The highest BCUT2D eigenvalue weighted by atomic mass is 35.5. The van der Waals surface area contributed by atoms with E-state index in [-0.39, 0.29) is 5.78 Å². The smallest absolute Gasteiger partial charge is 0.185 e. The summed E-state index contributed by atoms with van der Waals surface area (Å²) in [6, 6.07) is 11.7. The second-order valence-corrected chi connectivity index (χ2v) is 5.48. The van der Waals surface area contributed by atoms with Gasteiger partial charge >= 0.3 is 0 Å². The fourth-order valence-electron chi connectivity index (χ4n) is 2.10. The molecule has 2 aromatic carbocycles. The van der Waals surface area contributed by atoms with E-state index in [1.165, 1.54) is 12.1 Å². The Bertz CT molecular complexity index is 917. The van der Waals surface area contributed by atoms with Crippen LogP contribution in [-0.2, 0) is 0 Å². The number of carbonyl (C=O) groups excluding carboxylic acids is 1. The van der Waals surface area contributed by atoms with Gasteiger partial charge in [-0.15, -0.1) is 0 Å². The second kappa shape index (κ2) is 6.76. The van der Waals surface area contributed by atoms with Crippen molar-refractivity contribution in [3.05, 3.63) is 82.5 Å². The number of allylic oxidation sites excluding steroid dienone is 1. The van der Waals surface area contributed by atoms with Crippen molar-refractivity contribution in [1.29, 1.82) is 0 Å². The molecular formula is C18H11ClF2N2O. The topological polar surface area (TPSA) is 45.8 Å². The average Bonchev–Trinajstić information content (AvgIpc) is 3.05. The third-order valence-corrected chi connectivity index (χ3v) is 3.61. The molecule has 1 aromatic heterocycles. The molecule has 0 amide bonds. The van der Waals surface area contributed by atoms with Crippen molar-refractivity contribution in [2.45, 2.75) is 0 Å². The van der Waals surface area contributed by atoms with Gasteiger partial charge in [-0.05, 0) is 60.7 Å². The molecule has 0 aliphatic rings. The summed E-state index contributed by atoms with van der Waals surface area (Å²) in [6.45, 7) is 0. The monoisotopic (exact) mass is 344 g/mol. The Morgan fingerprint density at radius 1 is 1.04 bits per heavy atom. The average molecular weight is 345 g/mol. The third kappa shape index (κ3) is 3.58. The Balaban J connectivity index is 1.77. The highest BCUT2D eigenvalue weighted by Gasteiger charge is 2.07. The lowest BCUT2D eigenvalue weighted by molar-refractivity contribution is 0.104. The fraction of sp³-hybridized carbons (Fsp3) is 0. The maximum Gasteiger partial charge on any atom is 0.185 e. The summed E-state index contributed by atoms with van der Waals surface area (Å²) in [7, 11) is 0. The van der Waals surface area contributed by atoms with Crippen molar-refractivity contribution < 1.29 is 13.6 Å². The standard InChI is InChI=1S/C18H11ClF2N2O/c19-13-4-1-11(2-5-13)18(24)8-6-14-10-17(23-22-14)12-3-7-15(20)16(21)9-12/h1-10H,(H,22,23). The van der Waals surface area contributed by atoms with Crippen LogP contribution in [-0.4, -0.2) is 16.0 Å². The number of rotatable bonds is 4. The summed E-state index contributed by atoms with van der Waals surface area (Å²) in [6.07, 6.45) is 2.96. The first-order chi connectivity index (χ1) is 11.5. The zero-order chi connectivity index (χ0) is 17.1. The summed E-state index contributed by atoms with van der Waals surface area (Å²) >= 11 is 5.78. The molecule has 1 N–H and O–H groups in total. The summed E-state index contributed by atoms with van der Waals surface area (Å²) in [5.41, 5.74) is 1.97. The van der Waals surface area contributed by atoms with Gasteiger partial charge in [0, 0.05) is 16.1 Å². The number of aromatic amines is 1. The molecule has 6 heteroatoms. The van der Waals surface area contributed by atoms with Crippen molar-refractivity contribution in [1.82, 2.24) is 10.2 Å². The fourth-order valence-corrected chi connectivity index (χ4v) is 2.23. The van der Waals surface area contributed by atoms with Crippen LogP contribution in [0.4, 0.5) is 8.78 Å². The molecule has 0 saturated carbocycles. The van der Waals surface area contributed by atoms with Crippen molar-refractivity contribution in [3.8, 4) is 11.3 Å². The minimum Gasteiger partial charge on any atom is -0.289 e. The molecule has 0 atom stereocenters. The van der Waals surface area contributed by atoms with E-state index in [0.29, 0.717) is 27.5 Å². The quantitative estimate of drug-likeness (QED) is 0.540. The van der Waals surface area contributed by atoms with Crippen LogP contribution in [0, 0.1) is 11.6 Å². The SMILES string of the molecule is O=C(C=Cc1cc(-c2ccc(F)c(F)c2)n[nH]1)c1ccc(Cl)cc1. The third-order valence-electron chi connectivity index (χ3n) is 3.36. The zero-order valence-electron chi connectivity index (χ0n) is 12.3. The molecular weight excluding hydrogens is 334 g/mol. The van der Waals surface area contributed by atoms with Crippen molar-refractivity contribution in [2.24, 2.45) is 0 Å². The molecule has 0 radical (unpaired) electrons. The minimum atomic E-state index is -0.939. The molecule has 0 fully saturated rings. The Morgan fingerprint density at radius 3 is 2.50 bits per heavy atom. The van der Waals surface area contributed by atoms with Gasteiger partial charge in [0.05, 0.1) is 11.4 Å².